The van der Waals surface area contributed by atoms with Gasteiger partial charge < -0.3 is 4.74 Å². The van der Waals surface area contributed by atoms with Gasteiger partial charge in [0.1, 0.15) is 12.4 Å². The fourth-order valence-electron chi connectivity index (χ4n) is 1.07. The van der Waals surface area contributed by atoms with Crippen molar-refractivity contribution in [2.75, 3.05) is 26.7 Å². The molecule has 0 amide bonds. The molecule has 0 fully saturated rings. The monoisotopic (exact) mass is 189 g/mol. The highest BCUT2D eigenvalue weighted by atomic mass is 16.5. The molecule has 0 atom stereocenters. The highest BCUT2D eigenvalue weighted by molar-refractivity contribution is 5.20. The Morgan fingerprint density at radius 3 is 2.71 bits per heavy atom. The Labute approximate surface area is 85.5 Å². The van der Waals surface area contributed by atoms with Crippen LogP contribution in [-0.4, -0.2) is 31.6 Å². The zero-order valence-corrected chi connectivity index (χ0v) is 8.44. The number of para-hydroxylation sites is 1. The first-order chi connectivity index (χ1) is 6.83. The Hall–Kier alpha value is -1.46. The second-order valence-electron chi connectivity index (χ2n) is 3.10. The Kier molecular flexibility index (Phi) is 4.60. The van der Waals surface area contributed by atoms with Crippen molar-refractivity contribution in [1.29, 1.82) is 0 Å². The lowest BCUT2D eigenvalue weighted by Gasteiger charge is -2.13. The molecule has 2 nitrogen and oxygen atoms in total. The molecule has 14 heavy (non-hydrogen) atoms. The summed E-state index contributed by atoms with van der Waals surface area (Å²) in [6.45, 7) is 2.18. The van der Waals surface area contributed by atoms with Crippen LogP contribution in [0.3, 0.4) is 0 Å². The summed E-state index contributed by atoms with van der Waals surface area (Å²) >= 11 is 0. The summed E-state index contributed by atoms with van der Waals surface area (Å²) in [5.41, 5.74) is 0. The first-order valence-electron chi connectivity index (χ1n) is 4.63. The largest absolute Gasteiger partial charge is 0.492 e. The fourth-order valence-corrected chi connectivity index (χ4v) is 1.07. The van der Waals surface area contributed by atoms with Gasteiger partial charge in [0.25, 0.3) is 0 Å². The van der Waals surface area contributed by atoms with Gasteiger partial charge in [-0.2, -0.15) is 0 Å². The normalized spacial score (nSPS) is 9.79. The van der Waals surface area contributed by atoms with Gasteiger partial charge in [-0.15, -0.1) is 6.42 Å². The predicted molar refractivity (Wildman–Crippen MR) is 58.3 cm³/mol. The Morgan fingerprint density at radius 1 is 1.36 bits per heavy atom. The molecule has 0 unspecified atom stereocenters. The third kappa shape index (κ3) is 3.97. The second kappa shape index (κ2) is 6.06. The average molecular weight is 189 g/mol. The van der Waals surface area contributed by atoms with E-state index in [4.69, 9.17) is 11.2 Å². The predicted octanol–water partition coefficient (Wildman–Crippen LogP) is 1.63. The number of rotatable bonds is 5. The molecular weight excluding hydrogens is 174 g/mol. The van der Waals surface area contributed by atoms with Crippen molar-refractivity contribution >= 4 is 0 Å². The van der Waals surface area contributed by atoms with Gasteiger partial charge in [-0.05, 0) is 19.2 Å². The summed E-state index contributed by atoms with van der Waals surface area (Å²) in [7, 11) is 1.98. The minimum Gasteiger partial charge on any atom is -0.492 e. The lowest BCUT2D eigenvalue weighted by atomic mass is 10.3. The van der Waals surface area contributed by atoms with Crippen LogP contribution in [0.25, 0.3) is 0 Å². The van der Waals surface area contributed by atoms with Gasteiger partial charge in [-0.3, -0.25) is 4.90 Å². The smallest absolute Gasteiger partial charge is 0.119 e. The van der Waals surface area contributed by atoms with Crippen LogP contribution >= 0.6 is 0 Å². The molecule has 0 aliphatic rings. The van der Waals surface area contributed by atoms with E-state index in [0.29, 0.717) is 13.2 Å². The molecule has 0 aromatic heterocycles. The molecule has 74 valence electrons. The van der Waals surface area contributed by atoms with E-state index in [-0.39, 0.29) is 0 Å². The van der Waals surface area contributed by atoms with E-state index in [0.717, 1.165) is 12.3 Å². The highest BCUT2D eigenvalue weighted by Crippen LogP contribution is 2.07. The quantitative estimate of drug-likeness (QED) is 0.653. The standard InChI is InChI=1S/C12H15NO/c1-3-9-13(2)10-11-14-12-7-5-4-6-8-12/h1,4-8H,9-11H2,2H3. The Balaban J connectivity index is 2.19. The van der Waals surface area contributed by atoms with Crippen molar-refractivity contribution in [2.45, 2.75) is 0 Å². The molecule has 0 spiro atoms. The summed E-state index contributed by atoms with van der Waals surface area (Å²) in [6, 6.07) is 9.78. The van der Waals surface area contributed by atoms with Crippen LogP contribution in [0.4, 0.5) is 0 Å². The molecule has 0 heterocycles. The lowest BCUT2D eigenvalue weighted by molar-refractivity contribution is 0.251. The molecule has 0 bridgehead atoms. The minimum absolute atomic E-state index is 0.665. The highest BCUT2D eigenvalue weighted by Gasteiger charge is 1.95. The first-order valence-corrected chi connectivity index (χ1v) is 4.63. The number of hydrogen-bond donors (Lipinski definition) is 0. The van der Waals surface area contributed by atoms with Gasteiger partial charge in [-0.1, -0.05) is 24.1 Å². The fraction of sp³-hybridized carbons (Fsp3) is 0.333. The average Bonchev–Trinajstić information content (AvgIpc) is 2.20. The van der Waals surface area contributed by atoms with E-state index < -0.39 is 0 Å². The molecule has 2 heteroatoms. The summed E-state index contributed by atoms with van der Waals surface area (Å²) in [5.74, 6) is 3.49. The summed E-state index contributed by atoms with van der Waals surface area (Å²) in [6.07, 6.45) is 5.18. The maximum Gasteiger partial charge on any atom is 0.119 e. The van der Waals surface area contributed by atoms with Gasteiger partial charge in [-0.25, -0.2) is 0 Å². The third-order valence-electron chi connectivity index (χ3n) is 1.85. The number of nitrogens with zero attached hydrogens (tertiary/aromatic N) is 1. The van der Waals surface area contributed by atoms with Crippen LogP contribution in [0.5, 0.6) is 5.75 Å². The topological polar surface area (TPSA) is 12.5 Å². The van der Waals surface area contributed by atoms with Gasteiger partial charge >= 0.3 is 0 Å². The van der Waals surface area contributed by atoms with Gasteiger partial charge in [0.2, 0.25) is 0 Å². The van der Waals surface area contributed by atoms with Crippen LogP contribution in [-0.2, 0) is 0 Å². The number of terminal acetylenes is 1. The number of likely N-dealkylation sites (N-methyl/N-ethyl adjacent to an activating group) is 1. The lowest BCUT2D eigenvalue weighted by Crippen LogP contribution is -2.24. The van der Waals surface area contributed by atoms with E-state index in [1.165, 1.54) is 0 Å². The molecule has 0 saturated carbocycles. The van der Waals surface area contributed by atoms with Crippen molar-refractivity contribution in [2.24, 2.45) is 0 Å². The molecular formula is C12H15NO. The Bertz CT molecular complexity index is 289. The molecule has 1 rings (SSSR count). The molecule has 0 aliphatic carbocycles. The summed E-state index contributed by atoms with van der Waals surface area (Å²) < 4.78 is 5.51. The molecule has 0 N–H and O–H groups in total. The van der Waals surface area contributed by atoms with Gasteiger partial charge in [0.05, 0.1) is 6.54 Å². The zero-order chi connectivity index (χ0) is 10.2. The van der Waals surface area contributed by atoms with Crippen molar-refractivity contribution in [3.05, 3.63) is 30.3 Å². The molecule has 1 aromatic rings. The SMILES string of the molecule is C#CCN(C)CCOc1ccccc1. The van der Waals surface area contributed by atoms with E-state index in [1.54, 1.807) is 0 Å². The van der Waals surface area contributed by atoms with Gasteiger partial charge in [0, 0.05) is 6.54 Å². The second-order valence-corrected chi connectivity index (χ2v) is 3.10. The van der Waals surface area contributed by atoms with E-state index in [2.05, 4.69) is 5.92 Å². The van der Waals surface area contributed by atoms with E-state index >= 15 is 0 Å². The van der Waals surface area contributed by atoms with Gasteiger partial charge in [0.15, 0.2) is 0 Å². The van der Waals surface area contributed by atoms with Crippen molar-refractivity contribution in [3.8, 4) is 18.1 Å². The maximum atomic E-state index is 5.51. The number of hydrogen-bond acceptors (Lipinski definition) is 2. The van der Waals surface area contributed by atoms with Crippen LogP contribution < -0.4 is 4.74 Å². The molecule has 0 aliphatic heterocycles. The maximum absolute atomic E-state index is 5.51. The van der Waals surface area contributed by atoms with Crippen LogP contribution in [0.1, 0.15) is 0 Å². The van der Waals surface area contributed by atoms with E-state index in [1.807, 2.05) is 42.3 Å². The van der Waals surface area contributed by atoms with Crippen LogP contribution in [0.2, 0.25) is 0 Å². The van der Waals surface area contributed by atoms with Crippen molar-refractivity contribution in [1.82, 2.24) is 4.90 Å². The van der Waals surface area contributed by atoms with E-state index in [9.17, 15) is 0 Å². The number of benzene rings is 1. The zero-order valence-electron chi connectivity index (χ0n) is 8.44. The number of ether oxygens (including phenoxy) is 1. The Morgan fingerprint density at radius 2 is 2.07 bits per heavy atom. The van der Waals surface area contributed by atoms with Crippen LogP contribution in [0, 0.1) is 12.3 Å². The third-order valence-corrected chi connectivity index (χ3v) is 1.85. The minimum atomic E-state index is 0.665. The van der Waals surface area contributed by atoms with Crippen LogP contribution in [0.15, 0.2) is 30.3 Å². The summed E-state index contributed by atoms with van der Waals surface area (Å²) in [5, 5.41) is 0. The molecule has 1 aromatic carbocycles. The molecule has 0 saturated heterocycles. The van der Waals surface area contributed by atoms with Crippen molar-refractivity contribution < 1.29 is 4.74 Å². The first kappa shape index (κ1) is 10.6. The molecule has 0 radical (unpaired) electrons. The van der Waals surface area contributed by atoms with Crippen molar-refractivity contribution in [3.63, 3.8) is 0 Å². The summed E-state index contributed by atoms with van der Waals surface area (Å²) in [4.78, 5) is 2.04.